The van der Waals surface area contributed by atoms with Crippen LogP contribution in [0.1, 0.15) is 51.9 Å². The Morgan fingerprint density at radius 3 is 2.42 bits per heavy atom. The molecule has 2 aliphatic rings. The molecule has 2 rings (SSSR count). The van der Waals surface area contributed by atoms with Crippen LogP contribution in [0, 0.1) is 0 Å². The summed E-state index contributed by atoms with van der Waals surface area (Å²) in [5.41, 5.74) is 6.23. The van der Waals surface area contributed by atoms with Gasteiger partial charge in [-0.05, 0) is 46.1 Å². The summed E-state index contributed by atoms with van der Waals surface area (Å²) < 4.78 is 0. The average molecular weight is 267 g/mol. The van der Waals surface area contributed by atoms with Gasteiger partial charge in [0.1, 0.15) is 0 Å². The van der Waals surface area contributed by atoms with Gasteiger partial charge >= 0.3 is 0 Å². The van der Waals surface area contributed by atoms with E-state index in [2.05, 4.69) is 11.9 Å². The van der Waals surface area contributed by atoms with Gasteiger partial charge in [-0.1, -0.05) is 12.8 Å². The number of nitrogens with two attached hydrogens (primary N) is 1. The minimum atomic E-state index is -0.0350. The fraction of sp³-hybridized carbons (Fsp3) is 0.933. The van der Waals surface area contributed by atoms with E-state index in [1.54, 1.807) is 0 Å². The third-order valence-corrected chi connectivity index (χ3v) is 4.94. The molecule has 1 aliphatic carbocycles. The van der Waals surface area contributed by atoms with Crippen LogP contribution in [-0.4, -0.2) is 54.0 Å². The van der Waals surface area contributed by atoms with E-state index < -0.39 is 0 Å². The Morgan fingerprint density at radius 2 is 1.79 bits per heavy atom. The second kappa shape index (κ2) is 6.71. The first-order chi connectivity index (χ1) is 9.11. The van der Waals surface area contributed by atoms with E-state index in [4.69, 9.17) is 5.73 Å². The minimum absolute atomic E-state index is 0.0350. The maximum Gasteiger partial charge on any atom is 0.239 e. The summed E-state index contributed by atoms with van der Waals surface area (Å²) in [4.78, 5) is 16.8. The van der Waals surface area contributed by atoms with Crippen LogP contribution in [0.3, 0.4) is 0 Å². The van der Waals surface area contributed by atoms with Crippen molar-refractivity contribution in [3.8, 4) is 0 Å². The minimum Gasteiger partial charge on any atom is -0.341 e. The topological polar surface area (TPSA) is 49.6 Å². The number of carbonyl (C=O) groups is 1. The number of likely N-dealkylation sites (N-methyl/N-ethyl adjacent to an activating group) is 1. The highest BCUT2D eigenvalue weighted by atomic mass is 16.2. The molecule has 19 heavy (non-hydrogen) atoms. The van der Waals surface area contributed by atoms with Crippen molar-refractivity contribution in [1.29, 1.82) is 0 Å². The Balaban J connectivity index is 1.93. The van der Waals surface area contributed by atoms with Gasteiger partial charge in [0, 0.05) is 25.2 Å². The van der Waals surface area contributed by atoms with Gasteiger partial charge in [-0.2, -0.15) is 0 Å². The van der Waals surface area contributed by atoms with Crippen molar-refractivity contribution in [2.24, 2.45) is 5.73 Å². The van der Waals surface area contributed by atoms with Crippen LogP contribution in [0.4, 0.5) is 0 Å². The molecule has 0 aromatic carbocycles. The van der Waals surface area contributed by atoms with E-state index in [0.29, 0.717) is 11.9 Å². The Kier molecular flexibility index (Phi) is 5.22. The lowest BCUT2D eigenvalue weighted by atomic mass is 9.89. The molecule has 4 heteroatoms. The molecule has 0 bridgehead atoms. The molecule has 1 aliphatic heterocycles. The summed E-state index contributed by atoms with van der Waals surface area (Å²) >= 11 is 0. The summed E-state index contributed by atoms with van der Waals surface area (Å²) in [6, 6.07) is 0.570. The van der Waals surface area contributed by atoms with Gasteiger partial charge in [-0.25, -0.2) is 0 Å². The van der Waals surface area contributed by atoms with E-state index in [1.165, 1.54) is 19.3 Å². The summed E-state index contributed by atoms with van der Waals surface area (Å²) in [5.74, 6) is 0.292. The lowest BCUT2D eigenvalue weighted by Crippen LogP contribution is -2.55. The second-order valence-corrected chi connectivity index (χ2v) is 6.24. The van der Waals surface area contributed by atoms with Crippen LogP contribution in [0.15, 0.2) is 0 Å². The quantitative estimate of drug-likeness (QED) is 0.845. The standard InChI is InChI=1S/C15H29N3O/c1-12(15(19)18-10-6-3-7-11-18)17(2)14-9-5-4-8-13(14)16/h12-14H,3-11,16H2,1-2H3. The smallest absolute Gasteiger partial charge is 0.239 e. The van der Waals surface area contributed by atoms with Crippen LogP contribution in [0.5, 0.6) is 0 Å². The highest BCUT2D eigenvalue weighted by Crippen LogP contribution is 2.23. The van der Waals surface area contributed by atoms with Crippen molar-refractivity contribution in [2.75, 3.05) is 20.1 Å². The van der Waals surface area contributed by atoms with Crippen molar-refractivity contribution in [3.63, 3.8) is 0 Å². The lowest BCUT2D eigenvalue weighted by molar-refractivity contribution is -0.138. The average Bonchev–Trinajstić information content (AvgIpc) is 2.46. The number of nitrogens with zero attached hydrogens (tertiary/aromatic N) is 2. The molecular weight excluding hydrogens is 238 g/mol. The zero-order chi connectivity index (χ0) is 13.8. The Labute approximate surface area is 117 Å². The highest BCUT2D eigenvalue weighted by molar-refractivity contribution is 5.81. The van der Waals surface area contributed by atoms with E-state index in [-0.39, 0.29) is 12.1 Å². The number of amides is 1. The molecule has 4 nitrogen and oxygen atoms in total. The Morgan fingerprint density at radius 1 is 1.16 bits per heavy atom. The number of carbonyl (C=O) groups excluding carboxylic acids is 1. The third-order valence-electron chi connectivity index (χ3n) is 4.94. The highest BCUT2D eigenvalue weighted by Gasteiger charge is 2.32. The van der Waals surface area contributed by atoms with Crippen molar-refractivity contribution in [3.05, 3.63) is 0 Å². The third kappa shape index (κ3) is 3.48. The number of hydrogen-bond acceptors (Lipinski definition) is 3. The molecular formula is C15H29N3O. The Hall–Kier alpha value is -0.610. The normalized spacial score (nSPS) is 30.4. The maximum atomic E-state index is 12.5. The number of likely N-dealkylation sites (tertiary alicyclic amines) is 1. The SMILES string of the molecule is CC(C(=O)N1CCCCC1)N(C)C1CCCCC1N. The lowest BCUT2D eigenvalue weighted by Gasteiger charge is -2.40. The Bertz CT molecular complexity index is 302. The van der Waals surface area contributed by atoms with Gasteiger partial charge in [0.15, 0.2) is 0 Å². The predicted octanol–water partition coefficient (Wildman–Crippen LogP) is 1.59. The van der Waals surface area contributed by atoms with Crippen molar-refractivity contribution in [2.45, 2.75) is 70.0 Å². The molecule has 3 atom stereocenters. The van der Waals surface area contributed by atoms with Crippen molar-refractivity contribution >= 4 is 5.91 Å². The van der Waals surface area contributed by atoms with Crippen LogP contribution < -0.4 is 5.73 Å². The largest absolute Gasteiger partial charge is 0.341 e. The maximum absolute atomic E-state index is 12.5. The molecule has 2 N–H and O–H groups in total. The molecule has 0 aromatic heterocycles. The van der Waals surface area contributed by atoms with Crippen LogP contribution in [0.2, 0.25) is 0 Å². The molecule has 1 saturated heterocycles. The van der Waals surface area contributed by atoms with Gasteiger partial charge in [0.25, 0.3) is 0 Å². The van der Waals surface area contributed by atoms with Crippen LogP contribution in [0.25, 0.3) is 0 Å². The van der Waals surface area contributed by atoms with Crippen molar-refractivity contribution < 1.29 is 4.79 Å². The first-order valence-corrected chi connectivity index (χ1v) is 7.87. The molecule has 1 saturated carbocycles. The number of rotatable bonds is 3. The second-order valence-electron chi connectivity index (χ2n) is 6.24. The van der Waals surface area contributed by atoms with E-state index in [0.717, 1.165) is 38.8 Å². The van der Waals surface area contributed by atoms with Crippen molar-refractivity contribution in [1.82, 2.24) is 9.80 Å². The van der Waals surface area contributed by atoms with Gasteiger partial charge in [0.2, 0.25) is 5.91 Å². The number of piperidine rings is 1. The molecule has 3 unspecified atom stereocenters. The monoisotopic (exact) mass is 267 g/mol. The molecule has 110 valence electrons. The van der Waals surface area contributed by atoms with E-state index in [1.807, 2.05) is 11.8 Å². The molecule has 0 aromatic rings. The predicted molar refractivity (Wildman–Crippen MR) is 77.9 cm³/mol. The summed E-state index contributed by atoms with van der Waals surface area (Å²) in [6.07, 6.45) is 8.29. The summed E-state index contributed by atoms with van der Waals surface area (Å²) in [7, 11) is 2.07. The first kappa shape index (κ1) is 14.8. The fourth-order valence-electron chi connectivity index (χ4n) is 3.49. The summed E-state index contributed by atoms with van der Waals surface area (Å²) in [6.45, 7) is 3.92. The number of hydrogen-bond donors (Lipinski definition) is 1. The van der Waals surface area contributed by atoms with Gasteiger partial charge in [-0.3, -0.25) is 9.69 Å². The van der Waals surface area contributed by atoms with E-state index in [9.17, 15) is 4.79 Å². The van der Waals surface area contributed by atoms with Crippen LogP contribution in [-0.2, 0) is 4.79 Å². The molecule has 1 amide bonds. The zero-order valence-electron chi connectivity index (χ0n) is 12.5. The van der Waals surface area contributed by atoms with Gasteiger partial charge in [0.05, 0.1) is 6.04 Å². The molecule has 0 spiro atoms. The van der Waals surface area contributed by atoms with Crippen LogP contribution >= 0.6 is 0 Å². The summed E-state index contributed by atoms with van der Waals surface area (Å²) in [5, 5.41) is 0. The van der Waals surface area contributed by atoms with E-state index >= 15 is 0 Å². The molecule has 0 radical (unpaired) electrons. The van der Waals surface area contributed by atoms with Gasteiger partial charge < -0.3 is 10.6 Å². The molecule has 1 heterocycles. The van der Waals surface area contributed by atoms with Gasteiger partial charge in [-0.15, -0.1) is 0 Å². The fourth-order valence-corrected chi connectivity index (χ4v) is 3.49. The first-order valence-electron chi connectivity index (χ1n) is 7.87. The molecule has 2 fully saturated rings. The zero-order valence-corrected chi connectivity index (χ0v) is 12.5.